The zero-order chi connectivity index (χ0) is 10.3. The molecule has 0 fully saturated rings. The lowest BCUT2D eigenvalue weighted by molar-refractivity contribution is 0.443. The minimum Gasteiger partial charge on any atom is -0.342 e. The fourth-order valence-corrected chi connectivity index (χ4v) is 1.03. The van der Waals surface area contributed by atoms with Crippen molar-refractivity contribution in [3.8, 4) is 0 Å². The predicted octanol–water partition coefficient (Wildman–Crippen LogP) is 0.804. The molecule has 0 amide bonds. The van der Waals surface area contributed by atoms with Gasteiger partial charge in [0, 0.05) is 19.6 Å². The van der Waals surface area contributed by atoms with Gasteiger partial charge in [-0.25, -0.2) is 5.84 Å². The van der Waals surface area contributed by atoms with Gasteiger partial charge in [0.25, 0.3) is 0 Å². The molecular weight excluding hydrogens is 164 g/mol. The zero-order valence-electron chi connectivity index (χ0n) is 9.17. The molecule has 78 valence electrons. The van der Waals surface area contributed by atoms with E-state index < -0.39 is 0 Å². The molecule has 0 saturated heterocycles. The lowest BCUT2D eigenvalue weighted by Crippen LogP contribution is -2.44. The van der Waals surface area contributed by atoms with E-state index in [-0.39, 0.29) is 0 Å². The van der Waals surface area contributed by atoms with Crippen molar-refractivity contribution in [1.29, 1.82) is 0 Å². The summed E-state index contributed by atoms with van der Waals surface area (Å²) in [6.07, 6.45) is 0. The van der Waals surface area contributed by atoms with Crippen LogP contribution in [0.25, 0.3) is 0 Å². The van der Waals surface area contributed by atoms with Gasteiger partial charge < -0.3 is 4.90 Å². The van der Waals surface area contributed by atoms with Crippen molar-refractivity contribution >= 4 is 5.96 Å². The summed E-state index contributed by atoms with van der Waals surface area (Å²) in [6.45, 7) is 11.1. The first-order valence-electron chi connectivity index (χ1n) is 4.91. The molecule has 0 spiro atoms. The summed E-state index contributed by atoms with van der Waals surface area (Å²) in [4.78, 5) is 6.49. The summed E-state index contributed by atoms with van der Waals surface area (Å²) in [7, 11) is 0. The van der Waals surface area contributed by atoms with E-state index in [1.165, 1.54) is 0 Å². The molecule has 0 unspecified atom stereocenters. The minimum absolute atomic E-state index is 0.568. The summed E-state index contributed by atoms with van der Waals surface area (Å²) in [5.74, 6) is 6.75. The number of hydrazine groups is 1. The summed E-state index contributed by atoms with van der Waals surface area (Å²) in [5.41, 5.74) is 2.64. The lowest BCUT2D eigenvalue weighted by atomic mass is 10.2. The van der Waals surface area contributed by atoms with Crippen LogP contribution in [0.1, 0.15) is 27.7 Å². The Bertz CT molecular complexity index is 150. The van der Waals surface area contributed by atoms with Crippen molar-refractivity contribution in [2.45, 2.75) is 27.7 Å². The molecule has 0 atom stereocenters. The molecule has 0 saturated carbocycles. The Balaban J connectivity index is 4.20. The van der Waals surface area contributed by atoms with Crippen molar-refractivity contribution in [2.75, 3.05) is 19.6 Å². The molecule has 0 rings (SSSR count). The second-order valence-corrected chi connectivity index (χ2v) is 3.37. The first-order chi connectivity index (χ1) is 6.15. The molecule has 0 radical (unpaired) electrons. The van der Waals surface area contributed by atoms with Gasteiger partial charge in [0.15, 0.2) is 0 Å². The van der Waals surface area contributed by atoms with Gasteiger partial charge >= 0.3 is 0 Å². The maximum absolute atomic E-state index is 5.39. The Morgan fingerprint density at radius 1 is 1.38 bits per heavy atom. The van der Waals surface area contributed by atoms with Crippen LogP contribution in [0.2, 0.25) is 0 Å². The first-order valence-corrected chi connectivity index (χ1v) is 4.91. The number of hydrogen-bond donors (Lipinski definition) is 2. The molecule has 0 bridgehead atoms. The standard InChI is InChI=1S/C9H22N4/c1-5-13(6-2)9(12-10)11-7-8(3)4/h8H,5-7,10H2,1-4H3,(H,11,12). The van der Waals surface area contributed by atoms with Crippen molar-refractivity contribution < 1.29 is 0 Å². The Kier molecular flexibility index (Phi) is 6.32. The summed E-state index contributed by atoms with van der Waals surface area (Å²) in [5, 5.41) is 0. The van der Waals surface area contributed by atoms with Crippen LogP contribution < -0.4 is 11.3 Å². The minimum atomic E-state index is 0.568. The number of rotatable bonds is 4. The smallest absolute Gasteiger partial charge is 0.208 e. The van der Waals surface area contributed by atoms with Crippen LogP contribution in [-0.2, 0) is 0 Å². The van der Waals surface area contributed by atoms with Gasteiger partial charge in [-0.3, -0.25) is 10.4 Å². The lowest BCUT2D eigenvalue weighted by Gasteiger charge is -2.22. The Morgan fingerprint density at radius 2 is 1.92 bits per heavy atom. The summed E-state index contributed by atoms with van der Waals surface area (Å²) < 4.78 is 0. The van der Waals surface area contributed by atoms with E-state index in [2.05, 4.69) is 43.0 Å². The normalized spacial score (nSPS) is 12.0. The molecule has 4 heteroatoms. The van der Waals surface area contributed by atoms with E-state index in [0.717, 1.165) is 25.6 Å². The maximum atomic E-state index is 5.39. The second kappa shape index (κ2) is 6.71. The topological polar surface area (TPSA) is 53.6 Å². The van der Waals surface area contributed by atoms with Crippen molar-refractivity contribution in [1.82, 2.24) is 10.3 Å². The molecular formula is C9H22N4. The highest BCUT2D eigenvalue weighted by molar-refractivity contribution is 5.79. The number of nitrogens with two attached hydrogens (primary N) is 1. The number of aliphatic imine (C=N–C) groups is 1. The van der Waals surface area contributed by atoms with Gasteiger partial charge in [0.2, 0.25) is 5.96 Å². The fraction of sp³-hybridized carbons (Fsp3) is 0.889. The van der Waals surface area contributed by atoms with Crippen molar-refractivity contribution in [2.24, 2.45) is 16.8 Å². The van der Waals surface area contributed by atoms with Gasteiger partial charge in [-0.05, 0) is 19.8 Å². The number of hydrogen-bond acceptors (Lipinski definition) is 2. The van der Waals surface area contributed by atoms with Crippen molar-refractivity contribution in [3.05, 3.63) is 0 Å². The third-order valence-electron chi connectivity index (χ3n) is 1.80. The highest BCUT2D eigenvalue weighted by Crippen LogP contribution is 1.94. The van der Waals surface area contributed by atoms with Crippen LogP contribution in [0.3, 0.4) is 0 Å². The van der Waals surface area contributed by atoms with E-state index in [4.69, 9.17) is 5.84 Å². The first kappa shape index (κ1) is 12.2. The van der Waals surface area contributed by atoms with Crippen LogP contribution >= 0.6 is 0 Å². The Hall–Kier alpha value is -0.770. The summed E-state index contributed by atoms with van der Waals surface area (Å²) in [6, 6.07) is 0. The van der Waals surface area contributed by atoms with Gasteiger partial charge in [0.05, 0.1) is 0 Å². The van der Waals surface area contributed by atoms with Gasteiger partial charge in [0.1, 0.15) is 0 Å². The average molecular weight is 186 g/mol. The van der Waals surface area contributed by atoms with E-state index in [0.29, 0.717) is 5.92 Å². The fourth-order valence-electron chi connectivity index (χ4n) is 1.03. The highest BCUT2D eigenvalue weighted by Gasteiger charge is 2.04. The van der Waals surface area contributed by atoms with Crippen molar-refractivity contribution in [3.63, 3.8) is 0 Å². The van der Waals surface area contributed by atoms with Crippen LogP contribution in [0, 0.1) is 5.92 Å². The maximum Gasteiger partial charge on any atom is 0.208 e. The zero-order valence-corrected chi connectivity index (χ0v) is 9.17. The molecule has 0 aliphatic heterocycles. The third-order valence-corrected chi connectivity index (χ3v) is 1.80. The van der Waals surface area contributed by atoms with Gasteiger partial charge in [-0.1, -0.05) is 13.8 Å². The average Bonchev–Trinajstić information content (AvgIpc) is 2.11. The number of guanidine groups is 1. The number of nitrogens with one attached hydrogen (secondary N) is 1. The molecule has 0 aliphatic rings. The molecule has 0 aromatic heterocycles. The molecule has 0 aromatic carbocycles. The van der Waals surface area contributed by atoms with Crippen LogP contribution in [0.5, 0.6) is 0 Å². The Morgan fingerprint density at radius 3 is 2.23 bits per heavy atom. The second-order valence-electron chi connectivity index (χ2n) is 3.37. The van der Waals surface area contributed by atoms with Crippen LogP contribution in [0.4, 0.5) is 0 Å². The summed E-state index contributed by atoms with van der Waals surface area (Å²) >= 11 is 0. The Labute approximate surface area is 81.2 Å². The highest BCUT2D eigenvalue weighted by atomic mass is 15.4. The molecule has 0 aromatic rings. The number of nitrogens with zero attached hydrogens (tertiary/aromatic N) is 2. The quantitative estimate of drug-likeness (QED) is 0.295. The molecule has 0 heterocycles. The molecule has 3 N–H and O–H groups in total. The van der Waals surface area contributed by atoms with E-state index in [1.807, 2.05) is 0 Å². The third kappa shape index (κ3) is 4.72. The molecule has 13 heavy (non-hydrogen) atoms. The predicted molar refractivity (Wildman–Crippen MR) is 57.4 cm³/mol. The van der Waals surface area contributed by atoms with Gasteiger partial charge in [-0.15, -0.1) is 0 Å². The molecule has 0 aliphatic carbocycles. The van der Waals surface area contributed by atoms with E-state index in [9.17, 15) is 0 Å². The SMILES string of the molecule is CCN(CC)C(=NCC(C)C)NN. The van der Waals surface area contributed by atoms with E-state index in [1.54, 1.807) is 0 Å². The largest absolute Gasteiger partial charge is 0.342 e. The molecule has 4 nitrogen and oxygen atoms in total. The van der Waals surface area contributed by atoms with Crippen LogP contribution in [0.15, 0.2) is 4.99 Å². The van der Waals surface area contributed by atoms with Gasteiger partial charge in [-0.2, -0.15) is 0 Å². The monoisotopic (exact) mass is 186 g/mol. The van der Waals surface area contributed by atoms with E-state index >= 15 is 0 Å². The van der Waals surface area contributed by atoms with Crippen LogP contribution in [-0.4, -0.2) is 30.5 Å².